The largest absolute Gasteiger partial charge is 0.423 e. The zero-order valence-electron chi connectivity index (χ0n) is 9.46. The molecule has 9 heteroatoms. The molecule has 0 N–H and O–H groups in total. The molecule has 0 atom stereocenters. The second-order valence-corrected chi connectivity index (χ2v) is 4.17. The number of alkyl halides is 5. The molecule has 1 heterocycles. The first-order valence-corrected chi connectivity index (χ1v) is 5.03. The summed E-state index contributed by atoms with van der Waals surface area (Å²) in [7, 11) is 1.20. The third-order valence-electron chi connectivity index (χ3n) is 2.85. The van der Waals surface area contributed by atoms with E-state index in [2.05, 4.69) is 0 Å². The van der Waals surface area contributed by atoms with Crippen molar-refractivity contribution in [3.63, 3.8) is 0 Å². The number of hydrogen-bond acceptors (Lipinski definition) is 3. The van der Waals surface area contributed by atoms with Gasteiger partial charge in [0.05, 0.1) is 17.0 Å². The van der Waals surface area contributed by atoms with Gasteiger partial charge in [0.1, 0.15) is 5.56 Å². The van der Waals surface area contributed by atoms with E-state index in [0.717, 1.165) is 11.0 Å². The maximum absolute atomic E-state index is 13.7. The van der Waals surface area contributed by atoms with Crippen LogP contribution >= 0.6 is 0 Å². The number of nitro benzene ring substituents is 1. The normalized spacial score (nSPS) is 17.5. The average Bonchev–Trinajstić information content (AvgIpc) is 2.47. The zero-order valence-corrected chi connectivity index (χ0v) is 9.46. The molecule has 0 unspecified atom stereocenters. The van der Waals surface area contributed by atoms with Crippen molar-refractivity contribution in [1.29, 1.82) is 0 Å². The van der Waals surface area contributed by atoms with E-state index in [0.29, 0.717) is 6.07 Å². The van der Waals surface area contributed by atoms with Crippen molar-refractivity contribution in [1.82, 2.24) is 0 Å². The van der Waals surface area contributed by atoms with Crippen molar-refractivity contribution < 1.29 is 26.9 Å². The van der Waals surface area contributed by atoms with E-state index in [4.69, 9.17) is 0 Å². The van der Waals surface area contributed by atoms with E-state index in [1.807, 2.05) is 0 Å². The van der Waals surface area contributed by atoms with Crippen molar-refractivity contribution in [2.24, 2.45) is 0 Å². The maximum Gasteiger partial charge on any atom is 0.423 e. The van der Waals surface area contributed by atoms with Gasteiger partial charge in [-0.25, -0.2) is 0 Å². The molecule has 1 aliphatic rings. The minimum absolute atomic E-state index is 0.345. The van der Waals surface area contributed by atoms with Gasteiger partial charge in [-0.15, -0.1) is 0 Å². The van der Waals surface area contributed by atoms with Crippen LogP contribution in [0.15, 0.2) is 12.1 Å². The van der Waals surface area contributed by atoms with Crippen LogP contribution in [0.3, 0.4) is 0 Å². The summed E-state index contributed by atoms with van der Waals surface area (Å²) in [6.45, 7) is -0.938. The Labute approximate surface area is 103 Å². The molecule has 1 aromatic carbocycles. The number of likely N-dealkylation sites (N-methyl/N-ethyl adjacent to an activating group) is 1. The van der Waals surface area contributed by atoms with Crippen molar-refractivity contribution in [2.75, 3.05) is 18.5 Å². The third-order valence-corrected chi connectivity index (χ3v) is 2.85. The second-order valence-electron chi connectivity index (χ2n) is 4.17. The van der Waals surface area contributed by atoms with E-state index < -0.39 is 40.4 Å². The van der Waals surface area contributed by atoms with E-state index in [1.165, 1.54) is 7.05 Å². The quantitative estimate of drug-likeness (QED) is 0.451. The van der Waals surface area contributed by atoms with Crippen LogP contribution in [-0.4, -0.2) is 18.5 Å². The topological polar surface area (TPSA) is 46.4 Å². The molecular formula is C10H7F5N2O2. The van der Waals surface area contributed by atoms with Gasteiger partial charge < -0.3 is 4.90 Å². The van der Waals surface area contributed by atoms with Gasteiger partial charge in [-0.05, 0) is 6.07 Å². The Kier molecular flexibility index (Phi) is 2.69. The molecule has 1 aromatic rings. The summed E-state index contributed by atoms with van der Waals surface area (Å²) in [4.78, 5) is 10.2. The summed E-state index contributed by atoms with van der Waals surface area (Å²) in [6, 6.07) is 1.50. The first kappa shape index (κ1) is 13.5. The summed E-state index contributed by atoms with van der Waals surface area (Å²) in [5, 5.41) is 10.6. The Morgan fingerprint density at radius 3 is 2.42 bits per heavy atom. The van der Waals surface area contributed by atoms with Crippen LogP contribution < -0.4 is 4.90 Å². The Hall–Kier alpha value is -1.93. The maximum atomic E-state index is 13.7. The number of nitrogens with zero attached hydrogens (tertiary/aromatic N) is 2. The first-order valence-electron chi connectivity index (χ1n) is 5.03. The lowest BCUT2D eigenvalue weighted by Gasteiger charge is -2.15. The Morgan fingerprint density at radius 2 is 1.95 bits per heavy atom. The molecule has 0 fully saturated rings. The van der Waals surface area contributed by atoms with Gasteiger partial charge in [0, 0.05) is 18.8 Å². The molecule has 104 valence electrons. The minimum atomic E-state index is -5.22. The summed E-state index contributed by atoms with van der Waals surface area (Å²) in [5.41, 5.74) is -4.90. The van der Waals surface area contributed by atoms with E-state index in [-0.39, 0.29) is 5.69 Å². The van der Waals surface area contributed by atoms with Crippen LogP contribution in [0.2, 0.25) is 0 Å². The fraction of sp³-hybridized carbons (Fsp3) is 0.400. The first-order chi connectivity index (χ1) is 8.55. The van der Waals surface area contributed by atoms with Crippen LogP contribution in [-0.2, 0) is 12.1 Å². The zero-order chi connectivity index (χ0) is 14.6. The Morgan fingerprint density at radius 1 is 1.37 bits per heavy atom. The molecule has 0 aliphatic carbocycles. The average molecular weight is 282 g/mol. The molecule has 0 amide bonds. The molecule has 0 aromatic heterocycles. The summed E-state index contributed by atoms with van der Waals surface area (Å²) >= 11 is 0. The standard InChI is InChI=1S/C10H7F5N2O2/c1-16-4-9(11,12)7-5(16)2-3-6(17(18)19)8(7)10(13,14)15/h2-3H,4H2,1H3. The van der Waals surface area contributed by atoms with Crippen LogP contribution in [0.1, 0.15) is 11.1 Å². The SMILES string of the molecule is CN1CC(F)(F)c2c1ccc([N+](=O)[O-])c2C(F)(F)F. The highest BCUT2D eigenvalue weighted by atomic mass is 19.4. The predicted octanol–water partition coefficient (Wildman–Crippen LogP) is 3.16. The van der Waals surface area contributed by atoms with E-state index >= 15 is 0 Å². The summed E-state index contributed by atoms with van der Waals surface area (Å²) in [5.74, 6) is -3.78. The molecule has 0 bridgehead atoms. The highest BCUT2D eigenvalue weighted by Crippen LogP contribution is 2.51. The number of benzene rings is 1. The fourth-order valence-corrected chi connectivity index (χ4v) is 2.17. The highest BCUT2D eigenvalue weighted by molar-refractivity contribution is 5.68. The lowest BCUT2D eigenvalue weighted by atomic mass is 10.00. The van der Waals surface area contributed by atoms with Crippen molar-refractivity contribution in [3.8, 4) is 0 Å². The molecule has 1 aliphatic heterocycles. The molecule has 4 nitrogen and oxygen atoms in total. The van der Waals surface area contributed by atoms with Gasteiger partial charge in [0.15, 0.2) is 0 Å². The third kappa shape index (κ3) is 1.98. The van der Waals surface area contributed by atoms with Gasteiger partial charge >= 0.3 is 6.18 Å². The Bertz CT molecular complexity index is 556. The number of rotatable bonds is 1. The van der Waals surface area contributed by atoms with Crippen molar-refractivity contribution in [3.05, 3.63) is 33.4 Å². The number of anilines is 1. The molecule has 0 spiro atoms. The predicted molar refractivity (Wildman–Crippen MR) is 55.3 cm³/mol. The molecule has 2 rings (SSSR count). The molecule has 0 radical (unpaired) electrons. The van der Waals surface area contributed by atoms with Crippen LogP contribution in [0, 0.1) is 10.1 Å². The van der Waals surface area contributed by atoms with Gasteiger partial charge in [-0.1, -0.05) is 0 Å². The summed E-state index contributed by atoms with van der Waals surface area (Å²) < 4.78 is 65.9. The molecular weight excluding hydrogens is 275 g/mol. The van der Waals surface area contributed by atoms with Gasteiger partial charge in [0.2, 0.25) is 0 Å². The van der Waals surface area contributed by atoms with Crippen LogP contribution in [0.4, 0.5) is 33.3 Å². The number of halogens is 5. The fourth-order valence-electron chi connectivity index (χ4n) is 2.17. The van der Waals surface area contributed by atoms with Crippen molar-refractivity contribution in [2.45, 2.75) is 12.1 Å². The lowest BCUT2D eigenvalue weighted by Crippen LogP contribution is -2.24. The lowest BCUT2D eigenvalue weighted by molar-refractivity contribution is -0.388. The molecule has 0 saturated heterocycles. The summed E-state index contributed by atoms with van der Waals surface area (Å²) in [6.07, 6.45) is -5.22. The second kappa shape index (κ2) is 3.78. The van der Waals surface area contributed by atoms with Gasteiger partial charge in [0.25, 0.3) is 11.6 Å². The van der Waals surface area contributed by atoms with Crippen LogP contribution in [0.25, 0.3) is 0 Å². The van der Waals surface area contributed by atoms with E-state index in [1.54, 1.807) is 0 Å². The number of fused-ring (bicyclic) bond motifs is 1. The smallest absolute Gasteiger partial charge is 0.368 e. The number of nitro groups is 1. The monoisotopic (exact) mass is 282 g/mol. The molecule has 19 heavy (non-hydrogen) atoms. The van der Waals surface area contributed by atoms with Gasteiger partial charge in [-0.2, -0.15) is 22.0 Å². The molecule has 0 saturated carbocycles. The minimum Gasteiger partial charge on any atom is -0.368 e. The number of hydrogen-bond donors (Lipinski definition) is 0. The van der Waals surface area contributed by atoms with Crippen LogP contribution in [0.5, 0.6) is 0 Å². The van der Waals surface area contributed by atoms with E-state index in [9.17, 15) is 32.1 Å². The van der Waals surface area contributed by atoms with Crippen molar-refractivity contribution >= 4 is 11.4 Å². The Balaban J connectivity index is 2.85. The van der Waals surface area contributed by atoms with Gasteiger partial charge in [-0.3, -0.25) is 10.1 Å². The highest BCUT2D eigenvalue weighted by Gasteiger charge is 2.53.